The molecule has 0 amide bonds. The van der Waals surface area contributed by atoms with Crippen molar-refractivity contribution in [2.45, 2.75) is 12.4 Å². The third kappa shape index (κ3) is 2.56. The van der Waals surface area contributed by atoms with Gasteiger partial charge >= 0.3 is 12.4 Å². The number of halogens is 7. The van der Waals surface area contributed by atoms with Gasteiger partial charge in [0.1, 0.15) is 5.82 Å². The van der Waals surface area contributed by atoms with Crippen LogP contribution in [0.2, 0.25) is 0 Å². The lowest BCUT2D eigenvalue weighted by molar-refractivity contribution is -0.162. The zero-order valence-corrected chi connectivity index (χ0v) is 7.79. The lowest BCUT2D eigenvalue weighted by Crippen LogP contribution is -2.19. The summed E-state index contributed by atoms with van der Waals surface area (Å²) in [4.78, 5) is 10.3. The highest BCUT2D eigenvalue weighted by molar-refractivity contribution is 5.79. The summed E-state index contributed by atoms with van der Waals surface area (Å²) in [5.41, 5.74) is -6.04. The van der Waals surface area contributed by atoms with Crippen molar-refractivity contribution in [3.63, 3.8) is 0 Å². The molecular weight excluding hydrogens is 257 g/mol. The molecule has 1 aromatic carbocycles. The van der Waals surface area contributed by atoms with Crippen LogP contribution >= 0.6 is 0 Å². The van der Waals surface area contributed by atoms with Gasteiger partial charge in [-0.3, -0.25) is 4.79 Å². The van der Waals surface area contributed by atoms with Crippen molar-refractivity contribution in [2.24, 2.45) is 0 Å². The quantitative estimate of drug-likeness (QED) is 0.556. The van der Waals surface area contributed by atoms with E-state index >= 15 is 0 Å². The largest absolute Gasteiger partial charge is 0.417 e. The van der Waals surface area contributed by atoms with Crippen LogP contribution in [0.4, 0.5) is 30.7 Å². The molecule has 0 spiro atoms. The first kappa shape index (κ1) is 13.5. The average Bonchev–Trinajstić information content (AvgIpc) is 2.13. The molecule has 1 aromatic rings. The molecule has 0 aliphatic carbocycles. The van der Waals surface area contributed by atoms with E-state index in [1.54, 1.807) is 0 Å². The number of hydrogen-bond acceptors (Lipinski definition) is 1. The normalized spacial score (nSPS) is 12.6. The van der Waals surface area contributed by atoms with Crippen molar-refractivity contribution < 1.29 is 35.5 Å². The molecule has 8 heteroatoms. The van der Waals surface area contributed by atoms with Crippen molar-refractivity contribution in [2.75, 3.05) is 0 Å². The third-order valence-corrected chi connectivity index (χ3v) is 1.90. The zero-order chi connectivity index (χ0) is 13.4. The van der Waals surface area contributed by atoms with Crippen LogP contribution in [0.3, 0.4) is 0 Å². The van der Waals surface area contributed by atoms with E-state index < -0.39 is 41.1 Å². The molecule has 0 saturated heterocycles. The van der Waals surface area contributed by atoms with Gasteiger partial charge in [-0.25, -0.2) is 4.39 Å². The van der Waals surface area contributed by atoms with E-state index in [-0.39, 0.29) is 12.1 Å². The van der Waals surface area contributed by atoms with E-state index in [1.165, 1.54) is 0 Å². The fourth-order valence-electron chi connectivity index (χ4n) is 1.25. The second-order valence-corrected chi connectivity index (χ2v) is 3.00. The van der Waals surface area contributed by atoms with Crippen molar-refractivity contribution in [3.8, 4) is 0 Å². The van der Waals surface area contributed by atoms with Gasteiger partial charge in [0.05, 0.1) is 16.7 Å². The van der Waals surface area contributed by atoms with E-state index in [0.717, 1.165) is 0 Å². The average molecular weight is 260 g/mol. The number of carbonyl (C=O) groups excluding carboxylic acids is 1. The fraction of sp³-hybridized carbons (Fsp3) is 0.222. The van der Waals surface area contributed by atoms with Crippen molar-refractivity contribution in [1.82, 2.24) is 0 Å². The summed E-state index contributed by atoms with van der Waals surface area (Å²) in [5, 5.41) is 0. The van der Waals surface area contributed by atoms with E-state index in [1.807, 2.05) is 0 Å². The molecule has 0 atom stereocenters. The topological polar surface area (TPSA) is 17.1 Å². The lowest BCUT2D eigenvalue weighted by Gasteiger charge is -2.17. The SMILES string of the molecule is O=Cc1c(F)ccc(C(F)(F)F)c1C(F)(F)F. The Morgan fingerprint density at radius 1 is 0.941 bits per heavy atom. The second kappa shape index (κ2) is 4.01. The molecule has 1 nitrogen and oxygen atoms in total. The monoisotopic (exact) mass is 260 g/mol. The van der Waals surface area contributed by atoms with Crippen LogP contribution in [0.15, 0.2) is 12.1 Å². The van der Waals surface area contributed by atoms with Crippen molar-refractivity contribution >= 4 is 6.29 Å². The van der Waals surface area contributed by atoms with Crippen LogP contribution in [0.5, 0.6) is 0 Å². The van der Waals surface area contributed by atoms with Crippen molar-refractivity contribution in [1.29, 1.82) is 0 Å². The fourth-order valence-corrected chi connectivity index (χ4v) is 1.25. The van der Waals surface area contributed by atoms with Gasteiger partial charge in [-0.1, -0.05) is 0 Å². The highest BCUT2D eigenvalue weighted by atomic mass is 19.4. The molecule has 0 fully saturated rings. The lowest BCUT2D eigenvalue weighted by atomic mass is 10.00. The summed E-state index contributed by atoms with van der Waals surface area (Å²) in [7, 11) is 0. The third-order valence-electron chi connectivity index (χ3n) is 1.90. The van der Waals surface area contributed by atoms with Crippen LogP contribution in [0, 0.1) is 5.82 Å². The molecule has 0 unspecified atom stereocenters. The number of aldehydes is 1. The predicted molar refractivity (Wildman–Crippen MR) is 41.8 cm³/mol. The smallest absolute Gasteiger partial charge is 0.298 e. The Balaban J connectivity index is 3.70. The van der Waals surface area contributed by atoms with Gasteiger partial charge in [0.2, 0.25) is 0 Å². The molecule has 0 aliphatic heterocycles. The highest BCUT2D eigenvalue weighted by Gasteiger charge is 2.45. The Morgan fingerprint density at radius 3 is 1.82 bits per heavy atom. The Bertz CT molecular complexity index is 444. The minimum atomic E-state index is -5.47. The predicted octanol–water partition coefficient (Wildman–Crippen LogP) is 3.68. The Morgan fingerprint density at radius 2 is 1.47 bits per heavy atom. The van der Waals surface area contributed by atoms with Crippen LogP contribution < -0.4 is 0 Å². The number of benzene rings is 1. The minimum Gasteiger partial charge on any atom is -0.298 e. The zero-order valence-electron chi connectivity index (χ0n) is 7.79. The molecule has 0 aliphatic rings. The van der Waals surface area contributed by atoms with Crippen LogP contribution in [-0.2, 0) is 12.4 Å². The molecule has 0 N–H and O–H groups in total. The maximum absolute atomic E-state index is 12.9. The Hall–Kier alpha value is -1.60. The first-order chi connectivity index (χ1) is 7.59. The van der Waals surface area contributed by atoms with Gasteiger partial charge < -0.3 is 0 Å². The van der Waals surface area contributed by atoms with Crippen LogP contribution in [-0.4, -0.2) is 6.29 Å². The summed E-state index contributed by atoms with van der Waals surface area (Å²) in [5.74, 6) is -1.65. The number of alkyl halides is 6. The maximum atomic E-state index is 12.9. The van der Waals surface area contributed by atoms with Gasteiger partial charge in [-0.2, -0.15) is 26.3 Å². The highest BCUT2D eigenvalue weighted by Crippen LogP contribution is 2.42. The van der Waals surface area contributed by atoms with Gasteiger partial charge in [0, 0.05) is 0 Å². The summed E-state index contributed by atoms with van der Waals surface area (Å²) in [6, 6.07) is 0.118. The molecule has 94 valence electrons. The number of carbonyl (C=O) groups is 1. The van der Waals surface area contributed by atoms with E-state index in [0.29, 0.717) is 0 Å². The standard InChI is InChI=1S/C9H3F7O/c10-6-2-1-5(8(11,12)13)7(4(6)3-17)9(14,15)16/h1-3H. The second-order valence-electron chi connectivity index (χ2n) is 3.00. The Labute approximate surface area is 89.8 Å². The van der Waals surface area contributed by atoms with Crippen molar-refractivity contribution in [3.05, 3.63) is 34.6 Å². The molecule has 17 heavy (non-hydrogen) atoms. The molecule has 0 radical (unpaired) electrons. The van der Waals surface area contributed by atoms with Gasteiger partial charge in [-0.15, -0.1) is 0 Å². The molecule has 0 aromatic heterocycles. The van der Waals surface area contributed by atoms with Gasteiger partial charge in [0.15, 0.2) is 6.29 Å². The van der Waals surface area contributed by atoms with E-state index in [2.05, 4.69) is 0 Å². The summed E-state index contributed by atoms with van der Waals surface area (Å²) in [6.07, 6.45) is -11.4. The van der Waals surface area contributed by atoms with Crippen LogP contribution in [0.25, 0.3) is 0 Å². The molecule has 0 bridgehead atoms. The molecule has 1 rings (SSSR count). The Kier molecular flexibility index (Phi) is 3.17. The summed E-state index contributed by atoms with van der Waals surface area (Å²) in [6.45, 7) is 0. The minimum absolute atomic E-state index is 0.0504. The number of rotatable bonds is 1. The summed E-state index contributed by atoms with van der Waals surface area (Å²) < 4.78 is 86.9. The maximum Gasteiger partial charge on any atom is 0.417 e. The van der Waals surface area contributed by atoms with Gasteiger partial charge in [-0.05, 0) is 12.1 Å². The van der Waals surface area contributed by atoms with E-state index in [4.69, 9.17) is 0 Å². The number of hydrogen-bond donors (Lipinski definition) is 0. The van der Waals surface area contributed by atoms with E-state index in [9.17, 15) is 35.5 Å². The molecule has 0 saturated carbocycles. The first-order valence-electron chi connectivity index (χ1n) is 4.01. The summed E-state index contributed by atoms with van der Waals surface area (Å²) >= 11 is 0. The van der Waals surface area contributed by atoms with Gasteiger partial charge in [0.25, 0.3) is 0 Å². The molecular formula is C9H3F7O. The van der Waals surface area contributed by atoms with Crippen LogP contribution in [0.1, 0.15) is 21.5 Å². The molecule has 0 heterocycles. The first-order valence-corrected chi connectivity index (χ1v) is 4.01.